The quantitative estimate of drug-likeness (QED) is 0.460. The minimum absolute atomic E-state index is 0.00524. The molecule has 2 aromatic rings. The van der Waals surface area contributed by atoms with Gasteiger partial charge in [-0.3, -0.25) is 9.59 Å². The Balaban J connectivity index is 1.68. The van der Waals surface area contributed by atoms with E-state index in [9.17, 15) is 9.59 Å². The molecule has 34 heavy (non-hydrogen) atoms. The number of carbonyl (C=O) groups is 2. The highest BCUT2D eigenvalue weighted by Crippen LogP contribution is 2.21. The fraction of sp³-hybridized carbons (Fsp3) is 0.500. The van der Waals surface area contributed by atoms with Crippen molar-refractivity contribution >= 4 is 23.6 Å². The van der Waals surface area contributed by atoms with Gasteiger partial charge in [0, 0.05) is 18.3 Å². The van der Waals surface area contributed by atoms with Crippen LogP contribution in [-0.2, 0) is 21.9 Å². The molecule has 0 bridgehead atoms. The fourth-order valence-corrected chi connectivity index (χ4v) is 5.40. The van der Waals surface area contributed by atoms with Gasteiger partial charge in [0.1, 0.15) is 11.8 Å². The van der Waals surface area contributed by atoms with Crippen molar-refractivity contribution in [2.75, 3.05) is 12.9 Å². The molecule has 1 N–H and O–H groups in total. The van der Waals surface area contributed by atoms with Gasteiger partial charge in [-0.25, -0.2) is 0 Å². The second-order valence-corrected chi connectivity index (χ2v) is 10.1. The largest absolute Gasteiger partial charge is 0.497 e. The summed E-state index contributed by atoms with van der Waals surface area (Å²) in [5.41, 5.74) is 3.35. The van der Waals surface area contributed by atoms with Crippen molar-refractivity contribution < 1.29 is 14.3 Å². The SMILES string of the molecule is CC[C@H](C(=O)NC1CCCCC1)N(Cc1cccc(C)c1)C(=O)CSCc1ccc(OC)cc1. The Kier molecular flexibility index (Phi) is 10.3. The van der Waals surface area contributed by atoms with Gasteiger partial charge >= 0.3 is 0 Å². The summed E-state index contributed by atoms with van der Waals surface area (Å²) in [4.78, 5) is 28.5. The number of rotatable bonds is 11. The van der Waals surface area contributed by atoms with Gasteiger partial charge in [-0.05, 0) is 49.4 Å². The maximum absolute atomic E-state index is 13.4. The van der Waals surface area contributed by atoms with Crippen LogP contribution >= 0.6 is 11.8 Å². The van der Waals surface area contributed by atoms with Crippen LogP contribution in [0.1, 0.15) is 62.1 Å². The highest BCUT2D eigenvalue weighted by atomic mass is 32.2. The van der Waals surface area contributed by atoms with E-state index in [1.54, 1.807) is 23.8 Å². The van der Waals surface area contributed by atoms with E-state index in [0.29, 0.717) is 18.7 Å². The Morgan fingerprint density at radius 2 is 1.82 bits per heavy atom. The topological polar surface area (TPSA) is 58.6 Å². The average molecular weight is 483 g/mol. The molecule has 0 heterocycles. The number of thioether (sulfide) groups is 1. The Labute approximate surface area is 208 Å². The van der Waals surface area contributed by atoms with E-state index < -0.39 is 6.04 Å². The summed E-state index contributed by atoms with van der Waals surface area (Å²) in [7, 11) is 1.65. The third-order valence-electron chi connectivity index (χ3n) is 6.43. The van der Waals surface area contributed by atoms with E-state index in [1.165, 1.54) is 6.42 Å². The van der Waals surface area contributed by atoms with Crippen LogP contribution in [0.5, 0.6) is 5.75 Å². The van der Waals surface area contributed by atoms with Gasteiger partial charge in [0.25, 0.3) is 0 Å². The van der Waals surface area contributed by atoms with Crippen molar-refractivity contribution in [2.45, 2.75) is 76.8 Å². The van der Waals surface area contributed by atoms with Gasteiger partial charge < -0.3 is 15.0 Å². The number of benzene rings is 2. The highest BCUT2D eigenvalue weighted by Gasteiger charge is 2.30. The van der Waals surface area contributed by atoms with Crippen LogP contribution < -0.4 is 10.1 Å². The van der Waals surface area contributed by atoms with Crippen molar-refractivity contribution in [2.24, 2.45) is 0 Å². The highest BCUT2D eigenvalue weighted by molar-refractivity contribution is 7.99. The Hall–Kier alpha value is -2.47. The minimum atomic E-state index is -0.462. The van der Waals surface area contributed by atoms with Crippen LogP contribution in [0, 0.1) is 6.92 Å². The number of hydrogen-bond acceptors (Lipinski definition) is 4. The zero-order chi connectivity index (χ0) is 24.3. The maximum Gasteiger partial charge on any atom is 0.243 e. The van der Waals surface area contributed by atoms with Crippen molar-refractivity contribution in [3.05, 3.63) is 65.2 Å². The molecule has 3 rings (SSSR count). The van der Waals surface area contributed by atoms with E-state index in [0.717, 1.165) is 53.9 Å². The monoisotopic (exact) mass is 482 g/mol. The normalized spacial score (nSPS) is 14.9. The van der Waals surface area contributed by atoms with Crippen LogP contribution in [0.2, 0.25) is 0 Å². The van der Waals surface area contributed by atoms with Gasteiger partial charge in [-0.2, -0.15) is 0 Å². The lowest BCUT2D eigenvalue weighted by Gasteiger charge is -2.33. The number of nitrogens with one attached hydrogen (secondary N) is 1. The molecule has 6 heteroatoms. The summed E-state index contributed by atoms with van der Waals surface area (Å²) in [6, 6.07) is 15.9. The fourth-order valence-electron chi connectivity index (χ4n) is 4.53. The van der Waals surface area contributed by atoms with Gasteiger partial charge in [0.2, 0.25) is 11.8 Å². The van der Waals surface area contributed by atoms with Gasteiger partial charge in [0.05, 0.1) is 12.9 Å². The maximum atomic E-state index is 13.4. The molecular weight excluding hydrogens is 444 g/mol. The number of carbonyl (C=O) groups excluding carboxylic acids is 2. The van der Waals surface area contributed by atoms with E-state index in [-0.39, 0.29) is 17.9 Å². The average Bonchev–Trinajstić information content (AvgIpc) is 2.85. The van der Waals surface area contributed by atoms with Crippen molar-refractivity contribution in [1.82, 2.24) is 10.2 Å². The standard InChI is InChI=1S/C28H38N2O3S/c1-4-26(28(32)29-24-11-6-5-7-12-24)30(18-23-10-8-9-21(2)17-23)27(31)20-34-19-22-13-15-25(33-3)16-14-22/h8-10,13-17,24,26H,4-7,11-12,18-20H2,1-3H3,(H,29,32)/t26-/m1/s1. The summed E-state index contributed by atoms with van der Waals surface area (Å²) in [6.45, 7) is 4.49. The molecule has 1 aliphatic carbocycles. The molecule has 1 aliphatic rings. The van der Waals surface area contributed by atoms with Crippen LogP contribution in [0.25, 0.3) is 0 Å². The zero-order valence-corrected chi connectivity index (χ0v) is 21.5. The lowest BCUT2D eigenvalue weighted by atomic mass is 9.95. The predicted molar refractivity (Wildman–Crippen MR) is 140 cm³/mol. The molecule has 5 nitrogen and oxygen atoms in total. The molecule has 1 saturated carbocycles. The van der Waals surface area contributed by atoms with E-state index >= 15 is 0 Å². The summed E-state index contributed by atoms with van der Waals surface area (Å²) in [5, 5.41) is 3.24. The number of methoxy groups -OCH3 is 1. The summed E-state index contributed by atoms with van der Waals surface area (Å²) >= 11 is 1.58. The van der Waals surface area contributed by atoms with Gasteiger partial charge in [-0.1, -0.05) is 68.1 Å². The molecule has 0 spiro atoms. The smallest absolute Gasteiger partial charge is 0.243 e. The van der Waals surface area contributed by atoms with Crippen LogP contribution in [0.3, 0.4) is 0 Å². The summed E-state index contributed by atoms with van der Waals surface area (Å²) in [6.07, 6.45) is 6.23. The third-order valence-corrected chi connectivity index (χ3v) is 7.41. The van der Waals surface area contributed by atoms with Crippen LogP contribution in [-0.4, -0.2) is 41.7 Å². The number of ether oxygens (including phenoxy) is 1. The summed E-state index contributed by atoms with van der Waals surface area (Å²) in [5.74, 6) is 1.88. The Morgan fingerprint density at radius 3 is 2.47 bits per heavy atom. The van der Waals surface area contributed by atoms with Crippen LogP contribution in [0.4, 0.5) is 0 Å². The first kappa shape index (κ1) is 26.1. The second-order valence-electron chi connectivity index (χ2n) is 9.12. The molecule has 1 atom stereocenters. The molecule has 2 aromatic carbocycles. The molecule has 0 saturated heterocycles. The van der Waals surface area contributed by atoms with Crippen LogP contribution in [0.15, 0.2) is 48.5 Å². The number of hydrogen-bond donors (Lipinski definition) is 1. The van der Waals surface area contributed by atoms with Crippen molar-refractivity contribution in [3.8, 4) is 5.75 Å². The van der Waals surface area contributed by atoms with Crippen molar-refractivity contribution in [3.63, 3.8) is 0 Å². The van der Waals surface area contributed by atoms with E-state index in [4.69, 9.17) is 4.74 Å². The van der Waals surface area contributed by atoms with Gasteiger partial charge in [-0.15, -0.1) is 11.8 Å². The predicted octanol–water partition coefficient (Wildman–Crippen LogP) is 5.49. The molecule has 184 valence electrons. The molecule has 2 amide bonds. The molecule has 0 radical (unpaired) electrons. The lowest BCUT2D eigenvalue weighted by molar-refractivity contribution is -0.139. The first-order valence-electron chi connectivity index (χ1n) is 12.4. The Bertz CT molecular complexity index is 926. The van der Waals surface area contributed by atoms with Crippen molar-refractivity contribution in [1.29, 1.82) is 0 Å². The van der Waals surface area contributed by atoms with E-state index in [2.05, 4.69) is 11.4 Å². The van der Waals surface area contributed by atoms with Gasteiger partial charge in [0.15, 0.2) is 0 Å². The Morgan fingerprint density at radius 1 is 1.09 bits per heavy atom. The second kappa shape index (κ2) is 13.4. The third kappa shape index (κ3) is 7.79. The molecule has 1 fully saturated rings. The first-order chi connectivity index (χ1) is 16.5. The summed E-state index contributed by atoms with van der Waals surface area (Å²) < 4.78 is 5.22. The first-order valence-corrected chi connectivity index (χ1v) is 13.5. The molecule has 0 aromatic heterocycles. The lowest BCUT2D eigenvalue weighted by Crippen LogP contribution is -2.52. The minimum Gasteiger partial charge on any atom is -0.497 e. The number of aryl methyl sites for hydroxylation is 1. The molecule has 0 unspecified atom stereocenters. The number of nitrogens with zero attached hydrogens (tertiary/aromatic N) is 1. The molecule has 0 aliphatic heterocycles. The molecular formula is C28H38N2O3S. The van der Waals surface area contributed by atoms with E-state index in [1.807, 2.05) is 56.3 Å². The number of amides is 2. The zero-order valence-electron chi connectivity index (χ0n) is 20.7.